The first-order valence-corrected chi connectivity index (χ1v) is 17.0. The van der Waals surface area contributed by atoms with Crippen LogP contribution in [0.1, 0.15) is 94.7 Å². The van der Waals surface area contributed by atoms with Crippen molar-refractivity contribution in [2.24, 2.45) is 0 Å². The third-order valence-corrected chi connectivity index (χ3v) is 9.99. The van der Waals surface area contributed by atoms with E-state index in [9.17, 15) is 18.3 Å². The Morgan fingerprint density at radius 1 is 0.878 bits per heavy atom. The van der Waals surface area contributed by atoms with Gasteiger partial charge in [0.1, 0.15) is 5.75 Å². The molecule has 0 spiro atoms. The average Bonchev–Trinajstić information content (AvgIpc) is 3.09. The van der Waals surface area contributed by atoms with E-state index < -0.39 is 18.0 Å². The summed E-state index contributed by atoms with van der Waals surface area (Å²) in [5.41, 5.74) is 4.32. The van der Waals surface area contributed by atoms with Crippen molar-refractivity contribution >= 4 is 27.5 Å². The molecule has 2 aromatic carbocycles. The second-order valence-electron chi connectivity index (χ2n) is 12.1. The van der Waals surface area contributed by atoms with Crippen molar-refractivity contribution in [3.8, 4) is 5.75 Å². The zero-order chi connectivity index (χ0) is 29.9. The molecule has 0 heterocycles. The lowest BCUT2D eigenvalue weighted by atomic mass is 9.89. The van der Waals surface area contributed by atoms with E-state index >= 15 is 0 Å². The van der Waals surface area contributed by atoms with E-state index in [1.54, 1.807) is 0 Å². The van der Waals surface area contributed by atoms with Gasteiger partial charge in [-0.3, -0.25) is 0 Å². The third kappa shape index (κ3) is 10.6. The molecule has 0 radical (unpaired) electrons. The molecule has 1 aliphatic rings. The summed E-state index contributed by atoms with van der Waals surface area (Å²) in [6.07, 6.45) is 9.84. The number of benzene rings is 2. The van der Waals surface area contributed by atoms with E-state index in [2.05, 4.69) is 54.2 Å². The number of phenolic OH excluding ortho intramolecular Hbond substituents is 1. The second-order valence-corrected chi connectivity index (χ2v) is 14.2. The number of aromatic hydroxyl groups is 1. The molecule has 1 atom stereocenters. The van der Waals surface area contributed by atoms with Gasteiger partial charge in [0.15, 0.2) is 5.67 Å². The summed E-state index contributed by atoms with van der Waals surface area (Å²) in [4.78, 5) is 2.36. The number of phenols is 1. The van der Waals surface area contributed by atoms with Gasteiger partial charge in [-0.05, 0) is 137 Å². The topological polar surface area (TPSA) is 23.5 Å². The fourth-order valence-electron chi connectivity index (χ4n) is 5.68. The summed E-state index contributed by atoms with van der Waals surface area (Å²) < 4.78 is 41.2. The van der Waals surface area contributed by atoms with E-state index in [4.69, 9.17) is 0 Å². The summed E-state index contributed by atoms with van der Waals surface area (Å²) in [6.45, 7) is 3.96. The predicted octanol–water partition coefficient (Wildman–Crippen LogP) is 9.78. The molecule has 2 aromatic rings. The van der Waals surface area contributed by atoms with Gasteiger partial charge in [0.05, 0.1) is 0 Å². The monoisotopic (exact) mass is 589 g/mol. The Morgan fingerprint density at radius 3 is 2.29 bits per heavy atom. The van der Waals surface area contributed by atoms with Crippen molar-refractivity contribution in [3.05, 3.63) is 65.2 Å². The van der Waals surface area contributed by atoms with E-state index in [1.165, 1.54) is 40.7 Å². The molecule has 0 aromatic heterocycles. The minimum Gasteiger partial charge on any atom is -0.508 e. The molecule has 0 fully saturated rings. The van der Waals surface area contributed by atoms with Gasteiger partial charge in [-0.1, -0.05) is 55.1 Å². The first-order valence-electron chi connectivity index (χ1n) is 15.3. The zero-order valence-corrected chi connectivity index (χ0v) is 26.2. The van der Waals surface area contributed by atoms with E-state index in [1.807, 2.05) is 12.1 Å². The average molecular weight is 590 g/mol. The number of unbranched alkanes of at least 4 members (excludes halogenated alkanes) is 3. The number of hydrogen-bond acceptors (Lipinski definition) is 2. The summed E-state index contributed by atoms with van der Waals surface area (Å²) >= 11 is 0. The van der Waals surface area contributed by atoms with E-state index in [-0.39, 0.29) is 10.5 Å². The van der Waals surface area contributed by atoms with Crippen LogP contribution >= 0.6 is 10.5 Å². The molecule has 3 rings (SSSR count). The lowest BCUT2D eigenvalue weighted by molar-refractivity contribution is -0.124. The summed E-state index contributed by atoms with van der Waals surface area (Å²) in [7, 11) is 2.01. The van der Waals surface area contributed by atoms with Crippen LogP contribution in [-0.2, 0) is 6.42 Å². The highest BCUT2D eigenvalue weighted by Crippen LogP contribution is 2.40. The van der Waals surface area contributed by atoms with Crippen LogP contribution in [0.25, 0.3) is 11.1 Å². The van der Waals surface area contributed by atoms with Crippen molar-refractivity contribution in [3.63, 3.8) is 0 Å². The number of alkyl halides is 3. The standard InChI is InChI=1S/C35H50F3NOS/c1-34(2,36)35(37,38)22-13-25-41(4)26-14-24-39(3)23-11-6-5-10-18-33-31(28-15-8-7-9-16-28)19-12-17-29-27-30(40)20-21-32(29)33/h7-9,15-16,20-21,27,40H,4-6,10-14,17-19,22-26H2,1-3H3. The van der Waals surface area contributed by atoms with Crippen LogP contribution in [0.4, 0.5) is 13.2 Å². The molecule has 1 unspecified atom stereocenters. The minimum atomic E-state index is -3.28. The number of halogens is 3. The Morgan fingerprint density at radius 2 is 1.56 bits per heavy atom. The van der Waals surface area contributed by atoms with Gasteiger partial charge in [-0.2, -0.15) is 10.5 Å². The Bertz CT molecular complexity index is 1140. The Labute approximate surface area is 249 Å². The molecule has 0 bridgehead atoms. The molecule has 41 heavy (non-hydrogen) atoms. The number of allylic oxidation sites excluding steroid dienone is 2. The minimum absolute atomic E-state index is 0.147. The smallest absolute Gasteiger partial charge is 0.280 e. The highest BCUT2D eigenvalue weighted by molar-refractivity contribution is 8.14. The van der Waals surface area contributed by atoms with Gasteiger partial charge in [0, 0.05) is 6.42 Å². The molecule has 0 amide bonds. The van der Waals surface area contributed by atoms with Crippen LogP contribution in [-0.4, -0.2) is 59.1 Å². The van der Waals surface area contributed by atoms with Crippen LogP contribution in [0.5, 0.6) is 5.75 Å². The summed E-state index contributed by atoms with van der Waals surface area (Å²) in [5.74, 6) is 2.81. The molecule has 1 aliphatic carbocycles. The quantitative estimate of drug-likeness (QED) is 0.147. The van der Waals surface area contributed by atoms with Crippen molar-refractivity contribution in [1.82, 2.24) is 4.90 Å². The molecular weight excluding hydrogens is 539 g/mol. The first kappa shape index (κ1) is 33.5. The van der Waals surface area contributed by atoms with Gasteiger partial charge in [0.25, 0.3) is 5.92 Å². The lowest BCUT2D eigenvalue weighted by Gasteiger charge is -2.26. The molecule has 0 saturated heterocycles. The highest BCUT2D eigenvalue weighted by Gasteiger charge is 2.46. The van der Waals surface area contributed by atoms with Crippen molar-refractivity contribution in [2.45, 2.75) is 96.1 Å². The normalized spacial score (nSPS) is 15.2. The van der Waals surface area contributed by atoms with Crippen molar-refractivity contribution < 1.29 is 18.3 Å². The molecular formula is C35H50F3NOS. The van der Waals surface area contributed by atoms with Gasteiger partial charge in [-0.25, -0.2) is 13.2 Å². The Hall–Kier alpha value is -2.05. The predicted molar refractivity (Wildman–Crippen MR) is 173 cm³/mol. The van der Waals surface area contributed by atoms with Crippen molar-refractivity contribution in [1.29, 1.82) is 0 Å². The molecule has 2 nitrogen and oxygen atoms in total. The van der Waals surface area contributed by atoms with Crippen LogP contribution in [0.3, 0.4) is 0 Å². The van der Waals surface area contributed by atoms with E-state index in [0.29, 0.717) is 17.9 Å². The number of nitrogens with zero attached hydrogens (tertiary/aromatic N) is 1. The van der Waals surface area contributed by atoms with Gasteiger partial charge in [-0.15, -0.1) is 0 Å². The molecule has 0 aliphatic heterocycles. The number of aryl methyl sites for hydroxylation is 1. The Balaban J connectivity index is 1.38. The fourth-order valence-corrected chi connectivity index (χ4v) is 6.97. The molecule has 1 N–H and O–H groups in total. The lowest BCUT2D eigenvalue weighted by Crippen LogP contribution is -2.38. The zero-order valence-electron chi connectivity index (χ0n) is 25.4. The number of rotatable bonds is 17. The third-order valence-electron chi connectivity index (χ3n) is 8.26. The molecule has 6 heteroatoms. The maximum absolute atomic E-state index is 13.8. The molecule has 228 valence electrons. The fraction of sp³-hybridized carbons (Fsp3) is 0.571. The highest BCUT2D eigenvalue weighted by atomic mass is 32.2. The van der Waals surface area contributed by atoms with Crippen LogP contribution < -0.4 is 0 Å². The van der Waals surface area contributed by atoms with Gasteiger partial charge < -0.3 is 10.0 Å². The summed E-state index contributed by atoms with van der Waals surface area (Å²) in [6, 6.07) is 16.6. The Kier molecular flexibility index (Phi) is 13.0. The summed E-state index contributed by atoms with van der Waals surface area (Å²) in [5, 5.41) is 10.1. The van der Waals surface area contributed by atoms with Crippen LogP contribution in [0.15, 0.2) is 48.5 Å². The van der Waals surface area contributed by atoms with Crippen LogP contribution in [0, 0.1) is 0 Å². The second kappa shape index (κ2) is 16.0. The maximum atomic E-state index is 13.8. The van der Waals surface area contributed by atoms with Crippen LogP contribution in [0.2, 0.25) is 0 Å². The SMILES string of the molecule is C=S(CCCN(C)CCCCCCC1=C(c2ccccc2)CCCc2cc(O)ccc21)CCCC(F)(F)C(C)(C)F. The number of fused-ring (bicyclic) bond motifs is 1. The van der Waals surface area contributed by atoms with E-state index in [0.717, 1.165) is 77.6 Å². The van der Waals surface area contributed by atoms with Gasteiger partial charge >= 0.3 is 0 Å². The van der Waals surface area contributed by atoms with Crippen molar-refractivity contribution in [2.75, 3.05) is 31.6 Å². The maximum Gasteiger partial charge on any atom is 0.280 e. The number of hydrogen-bond donors (Lipinski definition) is 1. The van der Waals surface area contributed by atoms with Gasteiger partial charge in [0.2, 0.25) is 0 Å². The molecule has 0 saturated carbocycles. The first-order chi connectivity index (χ1) is 19.5. The largest absolute Gasteiger partial charge is 0.508 e.